The van der Waals surface area contributed by atoms with Crippen molar-refractivity contribution in [3.8, 4) is 11.5 Å². The van der Waals surface area contributed by atoms with Crippen LogP contribution in [0.5, 0.6) is 11.5 Å². The molecule has 0 aliphatic heterocycles. The molecule has 5 nitrogen and oxygen atoms in total. The van der Waals surface area contributed by atoms with Crippen LogP contribution in [0, 0.1) is 0 Å². The molecule has 0 fully saturated rings. The minimum atomic E-state index is -0.275. The Balaban J connectivity index is 1.47. The van der Waals surface area contributed by atoms with E-state index >= 15 is 0 Å². The number of carbonyl (C=O) groups excluding carboxylic acids is 1. The predicted octanol–water partition coefficient (Wildman–Crippen LogP) is 6.72. The van der Waals surface area contributed by atoms with E-state index in [1.807, 2.05) is 66.7 Å². The summed E-state index contributed by atoms with van der Waals surface area (Å²) in [6, 6.07) is 24.9. The molecule has 0 atom stereocenters. The van der Waals surface area contributed by atoms with Crippen LogP contribution in [0.15, 0.2) is 92.9 Å². The normalized spacial score (nSPS) is 11.0. The molecule has 33 heavy (non-hydrogen) atoms. The number of ether oxygens (including phenoxy) is 2. The lowest BCUT2D eigenvalue weighted by atomic mass is 10.0. The van der Waals surface area contributed by atoms with Crippen LogP contribution >= 0.6 is 31.9 Å². The van der Waals surface area contributed by atoms with Crippen molar-refractivity contribution < 1.29 is 14.3 Å². The number of nitrogens with one attached hydrogen (secondary N) is 1. The Morgan fingerprint density at radius 1 is 1.00 bits per heavy atom. The van der Waals surface area contributed by atoms with Crippen LogP contribution in [0.25, 0.3) is 10.8 Å². The van der Waals surface area contributed by atoms with Crippen molar-refractivity contribution in [1.82, 2.24) is 5.43 Å². The number of benzene rings is 4. The van der Waals surface area contributed by atoms with Gasteiger partial charge < -0.3 is 9.47 Å². The summed E-state index contributed by atoms with van der Waals surface area (Å²) >= 11 is 6.98. The van der Waals surface area contributed by atoms with Gasteiger partial charge in [0, 0.05) is 10.0 Å². The molecular formula is C26H20Br2N2O3. The van der Waals surface area contributed by atoms with E-state index in [2.05, 4.69) is 42.4 Å². The number of methoxy groups -OCH3 is 1. The molecule has 1 N–H and O–H groups in total. The largest absolute Gasteiger partial charge is 0.493 e. The number of hydrazone groups is 1. The topological polar surface area (TPSA) is 59.9 Å². The second-order valence-corrected chi connectivity index (χ2v) is 8.95. The number of carbonyl (C=O) groups is 1. The second-order valence-electron chi connectivity index (χ2n) is 7.18. The highest BCUT2D eigenvalue weighted by Gasteiger charge is 2.12. The van der Waals surface area contributed by atoms with Gasteiger partial charge >= 0.3 is 0 Å². The van der Waals surface area contributed by atoms with E-state index in [1.165, 1.54) is 0 Å². The lowest BCUT2D eigenvalue weighted by Crippen LogP contribution is -2.17. The molecule has 0 bridgehead atoms. The predicted molar refractivity (Wildman–Crippen MR) is 138 cm³/mol. The summed E-state index contributed by atoms with van der Waals surface area (Å²) in [6.07, 6.45) is 1.56. The van der Waals surface area contributed by atoms with Gasteiger partial charge in [0.1, 0.15) is 6.61 Å². The van der Waals surface area contributed by atoms with Gasteiger partial charge in [0.05, 0.1) is 17.8 Å². The molecule has 4 rings (SSSR count). The van der Waals surface area contributed by atoms with Crippen LogP contribution in [0.3, 0.4) is 0 Å². The highest BCUT2D eigenvalue weighted by Crippen LogP contribution is 2.37. The molecule has 0 aliphatic rings. The first kappa shape index (κ1) is 23.0. The number of amides is 1. The number of halogens is 2. The van der Waals surface area contributed by atoms with Crippen LogP contribution in [0.2, 0.25) is 0 Å². The molecule has 166 valence electrons. The lowest BCUT2D eigenvalue weighted by Gasteiger charge is -2.13. The Kier molecular flexibility index (Phi) is 7.42. The van der Waals surface area contributed by atoms with Gasteiger partial charge in [0.25, 0.3) is 5.91 Å². The molecule has 0 saturated carbocycles. The first-order valence-electron chi connectivity index (χ1n) is 10.1. The maximum absolute atomic E-state index is 12.7. The van der Waals surface area contributed by atoms with Gasteiger partial charge in [-0.15, -0.1) is 0 Å². The van der Waals surface area contributed by atoms with Gasteiger partial charge in [-0.3, -0.25) is 4.79 Å². The van der Waals surface area contributed by atoms with Gasteiger partial charge in [0.15, 0.2) is 11.5 Å². The number of nitrogens with zero attached hydrogens (tertiary/aromatic N) is 1. The molecule has 7 heteroatoms. The van der Waals surface area contributed by atoms with Crippen LogP contribution in [-0.4, -0.2) is 19.2 Å². The van der Waals surface area contributed by atoms with E-state index < -0.39 is 0 Å². The summed E-state index contributed by atoms with van der Waals surface area (Å²) in [7, 11) is 1.58. The van der Waals surface area contributed by atoms with E-state index in [0.717, 1.165) is 30.8 Å². The third kappa shape index (κ3) is 5.61. The minimum absolute atomic E-state index is 0.275. The maximum atomic E-state index is 12.7. The highest BCUT2D eigenvalue weighted by atomic mass is 79.9. The van der Waals surface area contributed by atoms with E-state index in [-0.39, 0.29) is 5.91 Å². The van der Waals surface area contributed by atoms with Crippen molar-refractivity contribution in [2.24, 2.45) is 5.10 Å². The fourth-order valence-corrected chi connectivity index (χ4v) is 4.18. The van der Waals surface area contributed by atoms with Crippen molar-refractivity contribution in [2.45, 2.75) is 6.61 Å². The fraction of sp³-hybridized carbons (Fsp3) is 0.0769. The Morgan fingerprint density at radius 3 is 2.55 bits per heavy atom. The lowest BCUT2D eigenvalue weighted by molar-refractivity contribution is 0.0957. The van der Waals surface area contributed by atoms with Crippen LogP contribution in [0.4, 0.5) is 0 Å². The van der Waals surface area contributed by atoms with Crippen molar-refractivity contribution in [2.75, 3.05) is 7.11 Å². The van der Waals surface area contributed by atoms with Crippen molar-refractivity contribution in [3.63, 3.8) is 0 Å². The number of rotatable bonds is 7. The third-order valence-corrected chi connectivity index (χ3v) is 6.08. The molecule has 0 heterocycles. The van der Waals surface area contributed by atoms with Crippen molar-refractivity contribution >= 4 is 54.8 Å². The Bertz CT molecular complexity index is 1320. The summed E-state index contributed by atoms with van der Waals surface area (Å²) in [4.78, 5) is 12.7. The fourth-order valence-electron chi connectivity index (χ4n) is 3.34. The highest BCUT2D eigenvalue weighted by molar-refractivity contribution is 9.10. The molecule has 0 aliphatic carbocycles. The van der Waals surface area contributed by atoms with Gasteiger partial charge in [-0.2, -0.15) is 5.10 Å². The Morgan fingerprint density at radius 2 is 1.76 bits per heavy atom. The SMILES string of the molecule is COc1cc(/C=N\NC(=O)c2cccc3ccccc23)cc(Br)c1OCc1ccc(Br)cc1. The average Bonchev–Trinajstić information content (AvgIpc) is 2.83. The Labute approximate surface area is 208 Å². The molecular weight excluding hydrogens is 548 g/mol. The first-order chi connectivity index (χ1) is 16.0. The summed E-state index contributed by atoms with van der Waals surface area (Å²) in [6.45, 7) is 0.400. The summed E-state index contributed by atoms with van der Waals surface area (Å²) in [5.74, 6) is 0.879. The number of hydrogen-bond donors (Lipinski definition) is 1. The Hall–Kier alpha value is -3.16. The molecule has 0 saturated heterocycles. The minimum Gasteiger partial charge on any atom is -0.493 e. The van der Waals surface area contributed by atoms with Crippen LogP contribution in [0.1, 0.15) is 21.5 Å². The molecule has 4 aromatic carbocycles. The van der Waals surface area contributed by atoms with Gasteiger partial charge in [-0.25, -0.2) is 5.43 Å². The van der Waals surface area contributed by atoms with E-state index in [9.17, 15) is 4.79 Å². The van der Waals surface area contributed by atoms with Crippen LogP contribution < -0.4 is 14.9 Å². The van der Waals surface area contributed by atoms with Gasteiger partial charge in [0.2, 0.25) is 0 Å². The summed E-state index contributed by atoms with van der Waals surface area (Å²) in [5, 5.41) is 6.01. The zero-order chi connectivity index (χ0) is 23.2. The standard InChI is InChI=1S/C26H20Br2N2O3/c1-32-24-14-18(13-23(28)25(24)33-16-17-9-11-20(27)12-10-17)15-29-30-26(31)22-8-4-6-19-5-2-3-7-21(19)22/h2-15H,16H2,1H3,(H,30,31)/b29-15-. The average molecular weight is 568 g/mol. The zero-order valence-electron chi connectivity index (χ0n) is 17.7. The third-order valence-electron chi connectivity index (χ3n) is 4.96. The van der Waals surface area contributed by atoms with E-state index in [1.54, 1.807) is 25.5 Å². The summed E-state index contributed by atoms with van der Waals surface area (Å²) in [5.41, 5.74) is 4.95. The maximum Gasteiger partial charge on any atom is 0.271 e. The molecule has 4 aromatic rings. The zero-order valence-corrected chi connectivity index (χ0v) is 20.9. The molecule has 0 aromatic heterocycles. The summed E-state index contributed by atoms with van der Waals surface area (Å²) < 4.78 is 13.2. The smallest absolute Gasteiger partial charge is 0.271 e. The first-order valence-corrected chi connectivity index (χ1v) is 11.7. The van der Waals surface area contributed by atoms with Crippen molar-refractivity contribution in [1.29, 1.82) is 0 Å². The molecule has 1 amide bonds. The number of fused-ring (bicyclic) bond motifs is 1. The molecule has 0 radical (unpaired) electrons. The number of hydrogen-bond acceptors (Lipinski definition) is 4. The van der Waals surface area contributed by atoms with Gasteiger partial charge in [-0.1, -0.05) is 64.5 Å². The van der Waals surface area contributed by atoms with Crippen LogP contribution in [-0.2, 0) is 6.61 Å². The molecule has 0 unspecified atom stereocenters. The van der Waals surface area contributed by atoms with E-state index in [4.69, 9.17) is 9.47 Å². The monoisotopic (exact) mass is 566 g/mol. The molecule has 0 spiro atoms. The van der Waals surface area contributed by atoms with Crippen molar-refractivity contribution in [3.05, 3.63) is 104 Å². The van der Waals surface area contributed by atoms with Gasteiger partial charge in [-0.05, 0) is 68.2 Å². The second kappa shape index (κ2) is 10.6. The quantitative estimate of drug-likeness (QED) is 0.199. The van der Waals surface area contributed by atoms with E-state index in [0.29, 0.717) is 23.7 Å².